The summed E-state index contributed by atoms with van der Waals surface area (Å²) in [6, 6.07) is 0. The average Bonchev–Trinajstić information content (AvgIpc) is 2.14. The van der Waals surface area contributed by atoms with Crippen LogP contribution in [0.5, 0.6) is 0 Å². The third-order valence-electron chi connectivity index (χ3n) is 0.635. The largest absolute Gasteiger partial charge is 0.330 e. The molecule has 0 atom stereocenters. The van der Waals surface area contributed by atoms with Crippen molar-refractivity contribution in [1.29, 1.82) is 0 Å². The molecular formula is C3H7BrN4. The van der Waals surface area contributed by atoms with Gasteiger partial charge >= 0.3 is 0 Å². The highest BCUT2D eigenvalue weighted by molar-refractivity contribution is 8.93. The lowest BCUT2D eigenvalue weighted by atomic mass is 11.0. The summed E-state index contributed by atoms with van der Waals surface area (Å²) in [6.45, 7) is 0. The van der Waals surface area contributed by atoms with E-state index >= 15 is 0 Å². The van der Waals surface area contributed by atoms with Crippen LogP contribution in [0, 0.1) is 0 Å². The van der Waals surface area contributed by atoms with Crippen LogP contribution in [-0.2, 0) is 0 Å². The van der Waals surface area contributed by atoms with Crippen molar-refractivity contribution in [2.45, 2.75) is 0 Å². The number of halogens is 1. The minimum absolute atomic E-state index is 0. The fraction of sp³-hybridized carbons (Fsp3) is 0. The average molecular weight is 179 g/mol. The molecule has 0 bridgehead atoms. The van der Waals surface area contributed by atoms with Gasteiger partial charge in [-0.05, 0) is 0 Å². The highest BCUT2D eigenvalue weighted by atomic mass is 79.9. The Balaban J connectivity index is 0.000000490. The Morgan fingerprint density at radius 3 is 2.75 bits per heavy atom. The fourth-order valence-electron chi connectivity index (χ4n) is 0.344. The van der Waals surface area contributed by atoms with Gasteiger partial charge in [-0.2, -0.15) is 0 Å². The standard InChI is InChI=1S/C3H6N4.BrH/c4-7-3-5-1-2-6-3;/h1-2H,4H2,(H2,5,6,7);1H. The molecule has 8 heavy (non-hydrogen) atoms. The fourth-order valence-corrected chi connectivity index (χ4v) is 0.344. The zero-order valence-corrected chi connectivity index (χ0v) is 5.80. The molecule has 1 aromatic rings. The first kappa shape index (κ1) is 7.45. The van der Waals surface area contributed by atoms with Crippen LogP contribution in [0.1, 0.15) is 0 Å². The lowest BCUT2D eigenvalue weighted by molar-refractivity contribution is 1.20. The molecule has 4 N–H and O–H groups in total. The van der Waals surface area contributed by atoms with E-state index in [2.05, 4.69) is 15.4 Å². The number of hydrazine groups is 1. The minimum Gasteiger partial charge on any atom is -0.330 e. The van der Waals surface area contributed by atoms with Crippen LogP contribution in [0.25, 0.3) is 0 Å². The normalized spacial score (nSPS) is 7.62. The number of aromatic nitrogens is 2. The van der Waals surface area contributed by atoms with Gasteiger partial charge in [0.2, 0.25) is 5.95 Å². The minimum atomic E-state index is 0. The lowest BCUT2D eigenvalue weighted by Crippen LogP contribution is -2.07. The number of aromatic amines is 1. The van der Waals surface area contributed by atoms with Gasteiger partial charge in [0.05, 0.1) is 0 Å². The van der Waals surface area contributed by atoms with E-state index in [-0.39, 0.29) is 17.0 Å². The van der Waals surface area contributed by atoms with Gasteiger partial charge in [0, 0.05) is 12.4 Å². The number of H-pyrrole nitrogens is 1. The smallest absolute Gasteiger partial charge is 0.214 e. The first-order chi connectivity index (χ1) is 3.43. The molecule has 0 fully saturated rings. The van der Waals surface area contributed by atoms with Crippen molar-refractivity contribution in [2.75, 3.05) is 5.43 Å². The first-order valence-corrected chi connectivity index (χ1v) is 1.89. The number of nitrogens with zero attached hydrogens (tertiary/aromatic N) is 1. The Morgan fingerprint density at radius 2 is 2.50 bits per heavy atom. The number of nitrogens with one attached hydrogen (secondary N) is 2. The Bertz CT molecular complexity index is 126. The van der Waals surface area contributed by atoms with Crippen LogP contribution in [-0.4, -0.2) is 9.97 Å². The van der Waals surface area contributed by atoms with E-state index in [1.807, 2.05) is 0 Å². The van der Waals surface area contributed by atoms with Gasteiger partial charge in [-0.3, -0.25) is 5.43 Å². The van der Waals surface area contributed by atoms with Gasteiger partial charge in [-0.15, -0.1) is 17.0 Å². The van der Waals surface area contributed by atoms with Crippen molar-refractivity contribution in [2.24, 2.45) is 5.84 Å². The van der Waals surface area contributed by atoms with E-state index in [0.717, 1.165) is 0 Å². The summed E-state index contributed by atoms with van der Waals surface area (Å²) in [4.78, 5) is 6.48. The molecule has 0 aliphatic heterocycles. The predicted molar refractivity (Wildman–Crippen MR) is 36.7 cm³/mol. The van der Waals surface area contributed by atoms with E-state index in [4.69, 9.17) is 5.84 Å². The molecule has 4 nitrogen and oxygen atoms in total. The van der Waals surface area contributed by atoms with Crippen molar-refractivity contribution < 1.29 is 0 Å². The van der Waals surface area contributed by atoms with Crippen molar-refractivity contribution in [3.8, 4) is 0 Å². The number of rotatable bonds is 1. The number of hydrogen-bond acceptors (Lipinski definition) is 3. The molecule has 0 aliphatic carbocycles. The Labute approximate surface area is 57.2 Å². The number of nitrogen functional groups attached to an aromatic ring is 1. The van der Waals surface area contributed by atoms with Crippen molar-refractivity contribution in [3.05, 3.63) is 12.4 Å². The Kier molecular flexibility index (Phi) is 3.21. The third-order valence-corrected chi connectivity index (χ3v) is 0.635. The van der Waals surface area contributed by atoms with Gasteiger partial charge < -0.3 is 4.98 Å². The summed E-state index contributed by atoms with van der Waals surface area (Å²) in [6.07, 6.45) is 3.31. The summed E-state index contributed by atoms with van der Waals surface area (Å²) in [5, 5.41) is 0. The summed E-state index contributed by atoms with van der Waals surface area (Å²) in [7, 11) is 0. The van der Waals surface area contributed by atoms with Gasteiger partial charge in [0.25, 0.3) is 0 Å². The van der Waals surface area contributed by atoms with Crippen molar-refractivity contribution in [3.63, 3.8) is 0 Å². The zero-order chi connectivity index (χ0) is 5.11. The van der Waals surface area contributed by atoms with Gasteiger partial charge in [0.15, 0.2) is 0 Å². The van der Waals surface area contributed by atoms with Gasteiger partial charge in [0.1, 0.15) is 0 Å². The predicted octanol–water partition coefficient (Wildman–Crippen LogP) is 0.273. The highest BCUT2D eigenvalue weighted by Crippen LogP contribution is 1.87. The number of nitrogens with two attached hydrogens (primary N) is 1. The molecule has 5 heteroatoms. The molecule has 0 amide bonds. The van der Waals surface area contributed by atoms with Crippen LogP contribution in [0.4, 0.5) is 5.95 Å². The molecule has 0 saturated carbocycles. The summed E-state index contributed by atoms with van der Waals surface area (Å²) < 4.78 is 0. The monoisotopic (exact) mass is 178 g/mol. The number of anilines is 1. The third kappa shape index (κ3) is 1.51. The van der Waals surface area contributed by atoms with Crippen LogP contribution in [0.15, 0.2) is 12.4 Å². The second-order valence-corrected chi connectivity index (χ2v) is 1.08. The molecule has 0 radical (unpaired) electrons. The second kappa shape index (κ2) is 3.45. The highest BCUT2D eigenvalue weighted by Gasteiger charge is 1.81. The summed E-state index contributed by atoms with van der Waals surface area (Å²) in [5.41, 5.74) is 2.34. The van der Waals surface area contributed by atoms with Crippen LogP contribution in [0.3, 0.4) is 0 Å². The van der Waals surface area contributed by atoms with Gasteiger partial charge in [-0.25, -0.2) is 10.8 Å². The topological polar surface area (TPSA) is 66.7 Å². The van der Waals surface area contributed by atoms with Crippen molar-refractivity contribution in [1.82, 2.24) is 9.97 Å². The summed E-state index contributed by atoms with van der Waals surface area (Å²) >= 11 is 0. The Morgan fingerprint density at radius 1 is 1.75 bits per heavy atom. The molecule has 46 valence electrons. The molecular weight excluding hydrogens is 172 g/mol. The maximum Gasteiger partial charge on any atom is 0.214 e. The Hall–Kier alpha value is -0.550. The SMILES string of the molecule is Br.NNc1ncc[nH]1. The van der Waals surface area contributed by atoms with Crippen molar-refractivity contribution >= 4 is 22.9 Å². The molecule has 1 aromatic heterocycles. The number of imidazole rings is 1. The van der Waals surface area contributed by atoms with E-state index in [9.17, 15) is 0 Å². The molecule has 1 rings (SSSR count). The van der Waals surface area contributed by atoms with Crippen LogP contribution >= 0.6 is 17.0 Å². The molecule has 0 saturated heterocycles. The molecule has 0 unspecified atom stereocenters. The maximum atomic E-state index is 4.95. The van der Waals surface area contributed by atoms with E-state index in [1.54, 1.807) is 12.4 Å². The van der Waals surface area contributed by atoms with Crippen LogP contribution in [0.2, 0.25) is 0 Å². The van der Waals surface area contributed by atoms with E-state index in [1.165, 1.54) is 0 Å². The lowest BCUT2D eigenvalue weighted by Gasteiger charge is -1.85. The summed E-state index contributed by atoms with van der Waals surface area (Å²) in [5.74, 6) is 5.53. The van der Waals surface area contributed by atoms with Crippen LogP contribution < -0.4 is 11.3 Å². The first-order valence-electron chi connectivity index (χ1n) is 1.89. The van der Waals surface area contributed by atoms with E-state index < -0.39 is 0 Å². The van der Waals surface area contributed by atoms with Gasteiger partial charge in [-0.1, -0.05) is 0 Å². The molecule has 0 aliphatic rings. The maximum absolute atomic E-state index is 4.95. The number of hydrogen-bond donors (Lipinski definition) is 3. The molecule has 0 spiro atoms. The molecule has 1 heterocycles. The quantitative estimate of drug-likeness (QED) is 0.428. The second-order valence-electron chi connectivity index (χ2n) is 1.08. The molecule has 0 aromatic carbocycles. The zero-order valence-electron chi connectivity index (χ0n) is 4.09. The van der Waals surface area contributed by atoms with E-state index in [0.29, 0.717) is 5.95 Å².